The number of hydrogen-bond donors (Lipinski definition) is 1. The maximum atomic E-state index is 11.9. The van der Waals surface area contributed by atoms with Crippen LogP contribution in [0.15, 0.2) is 18.2 Å². The van der Waals surface area contributed by atoms with E-state index >= 15 is 0 Å². The Bertz CT molecular complexity index is 517. The Kier molecular flexibility index (Phi) is 7.50. The highest BCUT2D eigenvalue weighted by atomic mass is 16.1. The smallest absolute Gasteiger partial charge is 0.224 e. The Balaban J connectivity index is 2.65. The van der Waals surface area contributed by atoms with Gasteiger partial charge in [-0.2, -0.15) is 0 Å². The Morgan fingerprint density at radius 1 is 0.864 bits per heavy atom. The van der Waals surface area contributed by atoms with E-state index in [0.717, 1.165) is 19.3 Å². The van der Waals surface area contributed by atoms with Crippen LogP contribution in [0.1, 0.15) is 80.0 Å². The van der Waals surface area contributed by atoms with Gasteiger partial charge in [0.05, 0.1) is 0 Å². The van der Waals surface area contributed by atoms with Crippen LogP contribution >= 0.6 is 0 Å². The maximum Gasteiger partial charge on any atom is 0.224 e. The summed E-state index contributed by atoms with van der Waals surface area (Å²) in [5.74, 6) is -0.331. The Morgan fingerprint density at radius 3 is 1.91 bits per heavy atom. The summed E-state index contributed by atoms with van der Waals surface area (Å²) < 4.78 is 0. The standard InChI is InChI=1S/C18H25NO3/c1-4-5-6-7-8-9-18(22)19-17-11-15(13(2)20)10-16(12-17)14(3)21/h10-12H,4-9H2,1-3H3,(H,19,22). The molecule has 0 aromatic heterocycles. The molecule has 0 saturated carbocycles. The zero-order valence-corrected chi connectivity index (χ0v) is 13.7. The quantitative estimate of drug-likeness (QED) is 0.543. The molecular weight excluding hydrogens is 278 g/mol. The zero-order chi connectivity index (χ0) is 16.5. The number of hydrogen-bond acceptors (Lipinski definition) is 3. The van der Waals surface area contributed by atoms with E-state index in [-0.39, 0.29) is 17.5 Å². The van der Waals surface area contributed by atoms with E-state index in [4.69, 9.17) is 0 Å². The summed E-state index contributed by atoms with van der Waals surface area (Å²) in [5.41, 5.74) is 1.38. The van der Waals surface area contributed by atoms with E-state index in [0.29, 0.717) is 23.2 Å². The molecule has 0 unspecified atom stereocenters. The summed E-state index contributed by atoms with van der Waals surface area (Å²) >= 11 is 0. The molecule has 0 atom stereocenters. The second-order valence-electron chi connectivity index (χ2n) is 5.62. The lowest BCUT2D eigenvalue weighted by molar-refractivity contribution is -0.116. The van der Waals surface area contributed by atoms with E-state index in [1.807, 2.05) is 0 Å². The molecular formula is C18H25NO3. The predicted octanol–water partition coefficient (Wildman–Crippen LogP) is 4.39. The van der Waals surface area contributed by atoms with Crippen LogP contribution in [0.2, 0.25) is 0 Å². The Labute approximate surface area is 132 Å². The third-order valence-corrected chi connectivity index (χ3v) is 3.54. The molecule has 0 saturated heterocycles. The summed E-state index contributed by atoms with van der Waals surface area (Å²) in [6.07, 6.45) is 5.90. The number of anilines is 1. The number of ketones is 2. The molecule has 22 heavy (non-hydrogen) atoms. The SMILES string of the molecule is CCCCCCCC(=O)Nc1cc(C(C)=O)cc(C(C)=O)c1. The van der Waals surface area contributed by atoms with Crippen molar-refractivity contribution in [3.05, 3.63) is 29.3 Å². The summed E-state index contributed by atoms with van der Waals surface area (Å²) in [5, 5.41) is 2.78. The first kappa shape index (κ1) is 18.1. The Hall–Kier alpha value is -1.97. The normalized spacial score (nSPS) is 10.3. The van der Waals surface area contributed by atoms with Crippen molar-refractivity contribution < 1.29 is 14.4 Å². The van der Waals surface area contributed by atoms with Crippen LogP contribution in [-0.4, -0.2) is 17.5 Å². The number of nitrogens with one attached hydrogen (secondary N) is 1. The number of carbonyl (C=O) groups is 3. The molecule has 0 aliphatic heterocycles. The molecule has 0 aliphatic rings. The molecule has 1 aromatic carbocycles. The lowest BCUT2D eigenvalue weighted by Crippen LogP contribution is -2.12. The number of amides is 1. The first-order valence-corrected chi connectivity index (χ1v) is 7.91. The number of benzene rings is 1. The first-order chi connectivity index (χ1) is 10.4. The van der Waals surface area contributed by atoms with E-state index in [2.05, 4.69) is 12.2 Å². The summed E-state index contributed by atoms with van der Waals surface area (Å²) in [6.45, 7) is 5.04. The van der Waals surface area contributed by atoms with Crippen molar-refractivity contribution in [1.29, 1.82) is 0 Å². The van der Waals surface area contributed by atoms with E-state index in [9.17, 15) is 14.4 Å². The van der Waals surface area contributed by atoms with Gasteiger partial charge in [0.25, 0.3) is 0 Å². The fourth-order valence-corrected chi connectivity index (χ4v) is 2.22. The molecule has 4 heteroatoms. The van der Waals surface area contributed by atoms with Crippen molar-refractivity contribution in [2.24, 2.45) is 0 Å². The number of Topliss-reactive ketones (excluding diaryl/α,β-unsaturated/α-hetero) is 2. The topological polar surface area (TPSA) is 63.2 Å². The van der Waals surface area contributed by atoms with Crippen molar-refractivity contribution >= 4 is 23.2 Å². The second kappa shape index (κ2) is 9.13. The van der Waals surface area contributed by atoms with Crippen molar-refractivity contribution in [2.45, 2.75) is 59.3 Å². The number of unbranched alkanes of at least 4 members (excludes halogenated alkanes) is 4. The fourth-order valence-electron chi connectivity index (χ4n) is 2.22. The minimum absolute atomic E-state index is 0.0771. The highest BCUT2D eigenvalue weighted by molar-refractivity contribution is 6.02. The molecule has 4 nitrogen and oxygen atoms in total. The minimum atomic E-state index is -0.127. The Morgan fingerprint density at radius 2 is 1.41 bits per heavy atom. The van der Waals surface area contributed by atoms with Crippen LogP contribution in [0.4, 0.5) is 5.69 Å². The average molecular weight is 303 g/mol. The third-order valence-electron chi connectivity index (χ3n) is 3.54. The largest absolute Gasteiger partial charge is 0.326 e. The molecule has 0 radical (unpaired) electrons. The minimum Gasteiger partial charge on any atom is -0.326 e. The van der Waals surface area contributed by atoms with Gasteiger partial charge in [0.2, 0.25) is 5.91 Å². The zero-order valence-electron chi connectivity index (χ0n) is 13.7. The lowest BCUT2D eigenvalue weighted by atomic mass is 10.0. The monoisotopic (exact) mass is 303 g/mol. The predicted molar refractivity (Wildman–Crippen MR) is 88.5 cm³/mol. The van der Waals surface area contributed by atoms with Crippen LogP contribution in [0.25, 0.3) is 0 Å². The van der Waals surface area contributed by atoms with Gasteiger partial charge in [0.15, 0.2) is 11.6 Å². The summed E-state index contributed by atoms with van der Waals surface area (Å²) in [6, 6.07) is 4.79. The van der Waals surface area contributed by atoms with Crippen LogP contribution in [0.3, 0.4) is 0 Å². The van der Waals surface area contributed by atoms with Gasteiger partial charge in [0, 0.05) is 23.2 Å². The van der Waals surface area contributed by atoms with Crippen molar-refractivity contribution in [2.75, 3.05) is 5.32 Å². The van der Waals surface area contributed by atoms with Crippen LogP contribution in [-0.2, 0) is 4.79 Å². The van der Waals surface area contributed by atoms with Crippen molar-refractivity contribution in [1.82, 2.24) is 0 Å². The van der Waals surface area contributed by atoms with Crippen LogP contribution < -0.4 is 5.32 Å². The fraction of sp³-hybridized carbons (Fsp3) is 0.500. The van der Waals surface area contributed by atoms with Gasteiger partial charge >= 0.3 is 0 Å². The maximum absolute atomic E-state index is 11.9. The third kappa shape index (κ3) is 6.20. The lowest BCUT2D eigenvalue weighted by Gasteiger charge is -2.09. The molecule has 1 amide bonds. The molecule has 0 fully saturated rings. The van der Waals surface area contributed by atoms with Crippen molar-refractivity contribution in [3.8, 4) is 0 Å². The number of carbonyl (C=O) groups excluding carboxylic acids is 3. The molecule has 1 N–H and O–H groups in total. The van der Waals surface area contributed by atoms with Crippen molar-refractivity contribution in [3.63, 3.8) is 0 Å². The van der Waals surface area contributed by atoms with Gasteiger partial charge in [-0.25, -0.2) is 0 Å². The molecule has 0 bridgehead atoms. The van der Waals surface area contributed by atoms with Crippen LogP contribution in [0, 0.1) is 0 Å². The van der Waals surface area contributed by atoms with E-state index < -0.39 is 0 Å². The highest BCUT2D eigenvalue weighted by Gasteiger charge is 2.10. The van der Waals surface area contributed by atoms with Gasteiger partial charge in [-0.05, 0) is 38.5 Å². The van der Waals surface area contributed by atoms with E-state index in [1.54, 1.807) is 18.2 Å². The molecule has 0 spiro atoms. The number of rotatable bonds is 9. The summed E-state index contributed by atoms with van der Waals surface area (Å²) in [7, 11) is 0. The first-order valence-electron chi connectivity index (χ1n) is 7.91. The van der Waals surface area contributed by atoms with Gasteiger partial charge < -0.3 is 5.32 Å². The molecule has 0 aliphatic carbocycles. The van der Waals surface area contributed by atoms with Crippen LogP contribution in [0.5, 0.6) is 0 Å². The van der Waals surface area contributed by atoms with Gasteiger partial charge in [-0.15, -0.1) is 0 Å². The average Bonchev–Trinajstić information content (AvgIpc) is 2.46. The van der Waals surface area contributed by atoms with Gasteiger partial charge in [-0.3, -0.25) is 14.4 Å². The van der Waals surface area contributed by atoms with Gasteiger partial charge in [0.1, 0.15) is 0 Å². The molecule has 0 heterocycles. The highest BCUT2D eigenvalue weighted by Crippen LogP contribution is 2.17. The molecule has 1 aromatic rings. The molecule has 120 valence electrons. The second-order valence-corrected chi connectivity index (χ2v) is 5.62. The molecule has 1 rings (SSSR count). The van der Waals surface area contributed by atoms with E-state index in [1.165, 1.54) is 26.7 Å². The summed E-state index contributed by atoms with van der Waals surface area (Å²) in [4.78, 5) is 34.9. The van der Waals surface area contributed by atoms with Gasteiger partial charge in [-0.1, -0.05) is 32.6 Å².